The van der Waals surface area contributed by atoms with Crippen LogP contribution in [0.1, 0.15) is 23.8 Å². The number of anilines is 2. The van der Waals surface area contributed by atoms with Gasteiger partial charge in [-0.3, -0.25) is 4.79 Å². The zero-order valence-corrected chi connectivity index (χ0v) is 15.1. The number of nitrogens with zero attached hydrogens (tertiary/aromatic N) is 2. The normalized spacial score (nSPS) is 18.3. The molecule has 1 aromatic carbocycles. The first-order valence-corrected chi connectivity index (χ1v) is 10.1. The minimum atomic E-state index is -2.96. The molecule has 0 bridgehead atoms. The van der Waals surface area contributed by atoms with Crippen molar-refractivity contribution in [1.29, 1.82) is 0 Å². The van der Waals surface area contributed by atoms with Crippen molar-refractivity contribution in [2.75, 3.05) is 28.7 Å². The van der Waals surface area contributed by atoms with Crippen LogP contribution in [-0.2, 0) is 9.84 Å². The SMILES string of the molecule is CCOc1ccc(NC(=O)c2ccc(NC3CCS(=O)(=O)C3)nn2)cc1. The molecule has 1 atom stereocenters. The molecule has 0 spiro atoms. The molecule has 8 nitrogen and oxygen atoms in total. The number of carbonyl (C=O) groups is 1. The molecule has 1 unspecified atom stereocenters. The van der Waals surface area contributed by atoms with E-state index in [9.17, 15) is 13.2 Å². The van der Waals surface area contributed by atoms with Crippen LogP contribution in [0.3, 0.4) is 0 Å². The predicted octanol–water partition coefficient (Wildman–Crippen LogP) is 1.73. The molecule has 1 fully saturated rings. The molecule has 0 radical (unpaired) electrons. The fraction of sp³-hybridized carbons (Fsp3) is 0.353. The second-order valence-corrected chi connectivity index (χ2v) is 8.19. The summed E-state index contributed by atoms with van der Waals surface area (Å²) in [6, 6.07) is 10.0. The Hall–Kier alpha value is -2.68. The van der Waals surface area contributed by atoms with Gasteiger partial charge in [0.1, 0.15) is 11.6 Å². The molecule has 1 amide bonds. The van der Waals surface area contributed by atoms with Gasteiger partial charge in [0.2, 0.25) is 0 Å². The van der Waals surface area contributed by atoms with Crippen molar-refractivity contribution in [2.45, 2.75) is 19.4 Å². The lowest BCUT2D eigenvalue weighted by Gasteiger charge is -2.11. The van der Waals surface area contributed by atoms with E-state index in [-0.39, 0.29) is 29.1 Å². The number of hydrogen-bond donors (Lipinski definition) is 2. The Kier molecular flexibility index (Phi) is 5.36. The molecule has 0 saturated carbocycles. The smallest absolute Gasteiger partial charge is 0.276 e. The fourth-order valence-corrected chi connectivity index (χ4v) is 4.32. The Morgan fingerprint density at radius 1 is 1.19 bits per heavy atom. The Balaban J connectivity index is 1.58. The average Bonchev–Trinajstić information content (AvgIpc) is 2.96. The first kappa shape index (κ1) is 18.1. The van der Waals surface area contributed by atoms with E-state index >= 15 is 0 Å². The monoisotopic (exact) mass is 376 g/mol. The Morgan fingerprint density at radius 3 is 2.54 bits per heavy atom. The second kappa shape index (κ2) is 7.69. The molecular weight excluding hydrogens is 356 g/mol. The van der Waals surface area contributed by atoms with E-state index in [0.717, 1.165) is 5.75 Å². The summed E-state index contributed by atoms with van der Waals surface area (Å²) >= 11 is 0. The molecular formula is C17H20N4O4S. The van der Waals surface area contributed by atoms with Crippen molar-refractivity contribution in [3.8, 4) is 5.75 Å². The number of carbonyl (C=O) groups excluding carboxylic acids is 1. The van der Waals surface area contributed by atoms with Crippen molar-refractivity contribution in [1.82, 2.24) is 10.2 Å². The van der Waals surface area contributed by atoms with Gasteiger partial charge in [-0.25, -0.2) is 8.42 Å². The van der Waals surface area contributed by atoms with Crippen LogP contribution in [0.5, 0.6) is 5.75 Å². The standard InChI is InChI=1S/C17H20N4O4S/c1-2-25-14-5-3-12(4-6-14)19-17(22)15-7-8-16(21-20-15)18-13-9-10-26(23,24)11-13/h3-8,13H,2,9-11H2,1H3,(H,18,21)(H,19,22). The molecule has 1 saturated heterocycles. The van der Waals surface area contributed by atoms with Gasteiger partial charge in [0, 0.05) is 11.7 Å². The van der Waals surface area contributed by atoms with Crippen molar-refractivity contribution in [3.63, 3.8) is 0 Å². The fourth-order valence-electron chi connectivity index (χ4n) is 2.64. The van der Waals surface area contributed by atoms with Crippen LogP contribution < -0.4 is 15.4 Å². The number of ether oxygens (including phenoxy) is 1. The third-order valence-corrected chi connectivity index (χ3v) is 5.67. The maximum Gasteiger partial charge on any atom is 0.276 e. The number of hydrogen-bond acceptors (Lipinski definition) is 7. The van der Waals surface area contributed by atoms with Crippen LogP contribution in [0, 0.1) is 0 Å². The van der Waals surface area contributed by atoms with Gasteiger partial charge < -0.3 is 15.4 Å². The topological polar surface area (TPSA) is 110 Å². The highest BCUT2D eigenvalue weighted by molar-refractivity contribution is 7.91. The molecule has 1 aromatic heterocycles. The highest BCUT2D eigenvalue weighted by atomic mass is 32.2. The summed E-state index contributed by atoms with van der Waals surface area (Å²) < 4.78 is 28.3. The van der Waals surface area contributed by atoms with E-state index in [4.69, 9.17) is 4.74 Å². The predicted molar refractivity (Wildman–Crippen MR) is 98.3 cm³/mol. The van der Waals surface area contributed by atoms with Crippen LogP contribution in [0.25, 0.3) is 0 Å². The van der Waals surface area contributed by atoms with Crippen molar-refractivity contribution >= 4 is 27.2 Å². The van der Waals surface area contributed by atoms with Gasteiger partial charge in [-0.05, 0) is 49.7 Å². The maximum atomic E-state index is 12.2. The van der Waals surface area contributed by atoms with E-state index in [1.54, 1.807) is 36.4 Å². The van der Waals surface area contributed by atoms with E-state index in [0.29, 0.717) is 24.5 Å². The third-order valence-electron chi connectivity index (χ3n) is 3.90. The molecule has 2 aromatic rings. The van der Waals surface area contributed by atoms with Gasteiger partial charge in [-0.1, -0.05) is 0 Å². The number of amides is 1. The third kappa shape index (κ3) is 4.69. The van der Waals surface area contributed by atoms with Crippen molar-refractivity contribution in [2.24, 2.45) is 0 Å². The Morgan fingerprint density at radius 2 is 1.96 bits per heavy atom. The first-order valence-electron chi connectivity index (χ1n) is 8.30. The summed E-state index contributed by atoms with van der Waals surface area (Å²) in [4.78, 5) is 12.2. The zero-order chi connectivity index (χ0) is 18.6. The number of aromatic nitrogens is 2. The van der Waals surface area contributed by atoms with Crippen LogP contribution in [0.15, 0.2) is 36.4 Å². The molecule has 26 heavy (non-hydrogen) atoms. The maximum absolute atomic E-state index is 12.2. The molecule has 1 aliphatic rings. The molecule has 2 heterocycles. The quantitative estimate of drug-likeness (QED) is 0.790. The lowest BCUT2D eigenvalue weighted by atomic mass is 10.2. The number of benzene rings is 1. The van der Waals surface area contributed by atoms with Gasteiger partial charge in [0.05, 0.1) is 18.1 Å². The summed E-state index contributed by atoms with van der Waals surface area (Å²) in [7, 11) is -2.96. The van der Waals surface area contributed by atoms with Gasteiger partial charge >= 0.3 is 0 Å². The average molecular weight is 376 g/mol. The molecule has 3 rings (SSSR count). The summed E-state index contributed by atoms with van der Waals surface area (Å²) in [5.74, 6) is 1.08. The molecule has 2 N–H and O–H groups in total. The second-order valence-electron chi connectivity index (χ2n) is 5.96. The van der Waals surface area contributed by atoms with E-state index in [1.807, 2.05) is 6.92 Å². The number of sulfone groups is 1. The number of nitrogens with one attached hydrogen (secondary N) is 2. The van der Waals surface area contributed by atoms with Crippen molar-refractivity contribution < 1.29 is 17.9 Å². The van der Waals surface area contributed by atoms with E-state index in [1.165, 1.54) is 0 Å². The molecule has 0 aliphatic carbocycles. The lowest BCUT2D eigenvalue weighted by molar-refractivity contribution is 0.102. The minimum Gasteiger partial charge on any atom is -0.494 e. The lowest BCUT2D eigenvalue weighted by Crippen LogP contribution is -2.22. The van der Waals surface area contributed by atoms with Crippen LogP contribution in [0.4, 0.5) is 11.5 Å². The highest BCUT2D eigenvalue weighted by Gasteiger charge is 2.28. The Labute approximate surface area is 151 Å². The van der Waals surface area contributed by atoms with Crippen LogP contribution in [-0.4, -0.2) is 48.7 Å². The van der Waals surface area contributed by atoms with Crippen molar-refractivity contribution in [3.05, 3.63) is 42.1 Å². The van der Waals surface area contributed by atoms with Crippen LogP contribution >= 0.6 is 0 Å². The van der Waals surface area contributed by atoms with Gasteiger partial charge in [-0.15, -0.1) is 10.2 Å². The summed E-state index contributed by atoms with van der Waals surface area (Å²) in [5.41, 5.74) is 0.794. The summed E-state index contributed by atoms with van der Waals surface area (Å²) in [6.45, 7) is 2.48. The van der Waals surface area contributed by atoms with E-state index < -0.39 is 9.84 Å². The minimum absolute atomic E-state index is 0.0919. The molecule has 1 aliphatic heterocycles. The molecule has 9 heteroatoms. The van der Waals surface area contributed by atoms with Gasteiger partial charge in [0.25, 0.3) is 5.91 Å². The van der Waals surface area contributed by atoms with Gasteiger partial charge in [-0.2, -0.15) is 0 Å². The summed E-state index contributed by atoms with van der Waals surface area (Å²) in [5, 5.41) is 13.6. The van der Waals surface area contributed by atoms with Crippen LogP contribution in [0.2, 0.25) is 0 Å². The van der Waals surface area contributed by atoms with Gasteiger partial charge in [0.15, 0.2) is 15.5 Å². The largest absolute Gasteiger partial charge is 0.494 e. The molecule has 138 valence electrons. The first-order chi connectivity index (χ1) is 12.4. The Bertz CT molecular complexity index is 867. The number of rotatable bonds is 6. The summed E-state index contributed by atoms with van der Waals surface area (Å²) in [6.07, 6.45) is 0.546. The zero-order valence-electron chi connectivity index (χ0n) is 14.3. The highest BCUT2D eigenvalue weighted by Crippen LogP contribution is 2.17. The van der Waals surface area contributed by atoms with E-state index in [2.05, 4.69) is 20.8 Å².